The number of benzene rings is 2. The first kappa shape index (κ1) is 20.6. The summed E-state index contributed by atoms with van der Waals surface area (Å²) in [5.74, 6) is -0.922. The van der Waals surface area contributed by atoms with Crippen LogP contribution >= 0.6 is 0 Å². The van der Waals surface area contributed by atoms with E-state index in [1.165, 1.54) is 11.6 Å². The van der Waals surface area contributed by atoms with Gasteiger partial charge in [-0.1, -0.05) is 37.6 Å². The SMILES string of the molecule is CCCc1cc(O)cc(C(=O)N(CCCCC(=O)O)c2cccc3c2C=CC3)c1. The van der Waals surface area contributed by atoms with Gasteiger partial charge in [-0.25, -0.2) is 0 Å². The van der Waals surface area contributed by atoms with Gasteiger partial charge in [-0.2, -0.15) is 0 Å². The number of unbranched alkanes of at least 4 members (excludes halogenated alkanes) is 1. The molecule has 1 aliphatic rings. The number of aliphatic carboxylic acids is 1. The Hall–Kier alpha value is -3.08. The number of aryl methyl sites for hydroxylation is 1. The number of allylic oxidation sites excluding steroid dienone is 1. The second-order valence-electron chi connectivity index (χ2n) is 7.40. The molecule has 0 saturated heterocycles. The number of hydrogen-bond donors (Lipinski definition) is 2. The number of nitrogens with zero attached hydrogens (tertiary/aromatic N) is 1. The topological polar surface area (TPSA) is 77.8 Å². The molecule has 0 spiro atoms. The Morgan fingerprint density at radius 2 is 1.97 bits per heavy atom. The number of hydrogen-bond acceptors (Lipinski definition) is 3. The van der Waals surface area contributed by atoms with Crippen molar-refractivity contribution in [3.63, 3.8) is 0 Å². The first-order valence-electron chi connectivity index (χ1n) is 10.1. The van der Waals surface area contributed by atoms with Gasteiger partial charge in [-0.3, -0.25) is 9.59 Å². The zero-order valence-corrected chi connectivity index (χ0v) is 16.7. The van der Waals surface area contributed by atoms with E-state index in [-0.39, 0.29) is 18.1 Å². The van der Waals surface area contributed by atoms with E-state index in [1.807, 2.05) is 24.3 Å². The van der Waals surface area contributed by atoms with Gasteiger partial charge in [0.15, 0.2) is 0 Å². The van der Waals surface area contributed by atoms with Crippen molar-refractivity contribution in [2.24, 2.45) is 0 Å². The van der Waals surface area contributed by atoms with Gasteiger partial charge in [-0.05, 0) is 61.1 Å². The maximum Gasteiger partial charge on any atom is 0.303 e. The van der Waals surface area contributed by atoms with Crippen LogP contribution in [0.3, 0.4) is 0 Å². The van der Waals surface area contributed by atoms with Crippen molar-refractivity contribution in [3.05, 3.63) is 64.7 Å². The van der Waals surface area contributed by atoms with Gasteiger partial charge in [0.1, 0.15) is 5.75 Å². The van der Waals surface area contributed by atoms with E-state index >= 15 is 0 Å². The Morgan fingerprint density at radius 1 is 1.14 bits per heavy atom. The van der Waals surface area contributed by atoms with Crippen LogP contribution in [-0.4, -0.2) is 28.6 Å². The predicted molar refractivity (Wildman–Crippen MR) is 114 cm³/mol. The number of carboxylic acids is 1. The number of carbonyl (C=O) groups excluding carboxylic acids is 1. The van der Waals surface area contributed by atoms with Gasteiger partial charge in [0.25, 0.3) is 5.91 Å². The van der Waals surface area contributed by atoms with Gasteiger partial charge in [-0.15, -0.1) is 0 Å². The molecule has 0 atom stereocenters. The number of amides is 1. The van der Waals surface area contributed by atoms with Crippen LogP contribution in [0.15, 0.2) is 42.5 Å². The quantitative estimate of drug-likeness (QED) is 0.599. The molecule has 0 radical (unpaired) electrons. The molecule has 1 amide bonds. The number of rotatable bonds is 9. The number of fused-ring (bicyclic) bond motifs is 1. The minimum Gasteiger partial charge on any atom is -0.508 e. The Bertz CT molecular complexity index is 932. The maximum atomic E-state index is 13.5. The molecule has 3 rings (SSSR count). The molecule has 152 valence electrons. The summed E-state index contributed by atoms with van der Waals surface area (Å²) in [7, 11) is 0. The summed E-state index contributed by atoms with van der Waals surface area (Å²) in [6.45, 7) is 2.48. The van der Waals surface area contributed by atoms with E-state index < -0.39 is 5.97 Å². The Morgan fingerprint density at radius 3 is 2.72 bits per heavy atom. The fourth-order valence-corrected chi connectivity index (χ4v) is 3.77. The van der Waals surface area contributed by atoms with Crippen LogP contribution in [0, 0.1) is 0 Å². The highest BCUT2D eigenvalue weighted by molar-refractivity contribution is 6.07. The van der Waals surface area contributed by atoms with E-state index in [2.05, 4.69) is 19.1 Å². The van der Waals surface area contributed by atoms with Gasteiger partial charge in [0.05, 0.1) is 5.69 Å². The summed E-state index contributed by atoms with van der Waals surface area (Å²) in [4.78, 5) is 26.0. The number of carboxylic acid groups (broad SMARTS) is 1. The second-order valence-corrected chi connectivity index (χ2v) is 7.40. The number of phenolic OH excluding ortho intramolecular Hbond substituents is 1. The number of phenols is 1. The Balaban J connectivity index is 1.93. The molecule has 0 heterocycles. The van der Waals surface area contributed by atoms with Crippen LogP contribution in [0.25, 0.3) is 6.08 Å². The normalized spacial score (nSPS) is 12.0. The predicted octanol–water partition coefficient (Wildman–Crippen LogP) is 4.82. The van der Waals surface area contributed by atoms with Crippen molar-refractivity contribution in [2.75, 3.05) is 11.4 Å². The van der Waals surface area contributed by atoms with Crippen molar-refractivity contribution < 1.29 is 19.8 Å². The van der Waals surface area contributed by atoms with Gasteiger partial charge < -0.3 is 15.1 Å². The minimum absolute atomic E-state index is 0.0849. The summed E-state index contributed by atoms with van der Waals surface area (Å²) in [5, 5.41) is 19.0. The lowest BCUT2D eigenvalue weighted by atomic mass is 10.0. The summed E-state index contributed by atoms with van der Waals surface area (Å²) in [5.41, 5.74) is 4.42. The lowest BCUT2D eigenvalue weighted by Gasteiger charge is -2.25. The van der Waals surface area contributed by atoms with Gasteiger partial charge in [0, 0.05) is 24.1 Å². The summed E-state index contributed by atoms with van der Waals surface area (Å²) >= 11 is 0. The molecule has 0 aliphatic heterocycles. The molecule has 0 bridgehead atoms. The molecule has 5 heteroatoms. The number of anilines is 1. The fourth-order valence-electron chi connectivity index (χ4n) is 3.77. The molecule has 29 heavy (non-hydrogen) atoms. The van der Waals surface area contributed by atoms with E-state index in [9.17, 15) is 14.7 Å². The highest BCUT2D eigenvalue weighted by Gasteiger charge is 2.22. The zero-order chi connectivity index (χ0) is 20.8. The van der Waals surface area contributed by atoms with E-state index in [4.69, 9.17) is 5.11 Å². The summed E-state index contributed by atoms with van der Waals surface area (Å²) < 4.78 is 0. The van der Waals surface area contributed by atoms with Crippen LogP contribution < -0.4 is 4.90 Å². The standard InChI is InChI=1S/C24H27NO4/c1-2-7-17-14-19(16-20(26)15-17)24(29)25(13-4-3-12-23(27)28)22-11-6-9-18-8-5-10-21(18)22/h5-6,9-11,14-16,26H,2-4,7-8,12-13H2,1H3,(H,27,28). The van der Waals surface area contributed by atoms with Crippen molar-refractivity contribution in [3.8, 4) is 5.75 Å². The minimum atomic E-state index is -0.830. The molecule has 2 N–H and O–H groups in total. The second kappa shape index (κ2) is 9.41. The van der Waals surface area contributed by atoms with Gasteiger partial charge >= 0.3 is 5.97 Å². The summed E-state index contributed by atoms with van der Waals surface area (Å²) in [6.07, 6.45) is 7.85. The third-order valence-corrected chi connectivity index (χ3v) is 5.12. The third-order valence-electron chi connectivity index (χ3n) is 5.12. The molecule has 0 aromatic heterocycles. The molecule has 2 aromatic rings. The third kappa shape index (κ3) is 5.05. The largest absolute Gasteiger partial charge is 0.508 e. The Labute approximate surface area is 171 Å². The Kier molecular flexibility index (Phi) is 6.70. The van der Waals surface area contributed by atoms with E-state index in [0.29, 0.717) is 24.9 Å². The smallest absolute Gasteiger partial charge is 0.303 e. The van der Waals surface area contributed by atoms with Gasteiger partial charge in [0.2, 0.25) is 0 Å². The lowest BCUT2D eigenvalue weighted by Crippen LogP contribution is -2.32. The molecular weight excluding hydrogens is 366 g/mol. The molecule has 0 saturated carbocycles. The highest BCUT2D eigenvalue weighted by Crippen LogP contribution is 2.32. The first-order valence-corrected chi connectivity index (χ1v) is 10.1. The van der Waals surface area contributed by atoms with Crippen molar-refractivity contribution in [2.45, 2.75) is 45.4 Å². The molecule has 5 nitrogen and oxygen atoms in total. The van der Waals surface area contributed by atoms with Crippen LogP contribution in [-0.2, 0) is 17.6 Å². The fraction of sp³-hybridized carbons (Fsp3) is 0.333. The highest BCUT2D eigenvalue weighted by atomic mass is 16.4. The van der Waals surface area contributed by atoms with Crippen molar-refractivity contribution >= 4 is 23.6 Å². The lowest BCUT2D eigenvalue weighted by molar-refractivity contribution is -0.137. The zero-order valence-electron chi connectivity index (χ0n) is 16.7. The molecular formula is C24H27NO4. The van der Waals surface area contributed by atoms with Crippen LogP contribution in [0.4, 0.5) is 5.69 Å². The van der Waals surface area contributed by atoms with E-state index in [1.54, 1.807) is 11.0 Å². The molecule has 1 aliphatic carbocycles. The van der Waals surface area contributed by atoms with Crippen molar-refractivity contribution in [1.82, 2.24) is 0 Å². The van der Waals surface area contributed by atoms with Crippen molar-refractivity contribution in [1.29, 1.82) is 0 Å². The van der Waals surface area contributed by atoms with E-state index in [0.717, 1.165) is 36.1 Å². The number of carbonyl (C=O) groups is 2. The van der Waals surface area contributed by atoms with Crippen LogP contribution in [0.2, 0.25) is 0 Å². The monoisotopic (exact) mass is 393 g/mol. The molecule has 2 aromatic carbocycles. The summed E-state index contributed by atoms with van der Waals surface area (Å²) in [6, 6.07) is 11.0. The molecule has 0 fully saturated rings. The van der Waals surface area contributed by atoms with Crippen LogP contribution in [0.1, 0.15) is 59.7 Å². The number of aromatic hydroxyl groups is 1. The average molecular weight is 393 g/mol. The maximum absolute atomic E-state index is 13.5. The van der Waals surface area contributed by atoms with Crippen LogP contribution in [0.5, 0.6) is 5.75 Å². The molecule has 0 unspecified atom stereocenters. The average Bonchev–Trinajstić information content (AvgIpc) is 3.16. The first-order chi connectivity index (χ1) is 14.0.